The summed E-state index contributed by atoms with van der Waals surface area (Å²) in [6, 6.07) is 5.04. The first-order valence-electron chi connectivity index (χ1n) is 5.38. The highest BCUT2D eigenvalue weighted by molar-refractivity contribution is 6.35. The predicted molar refractivity (Wildman–Crippen MR) is 68.1 cm³/mol. The summed E-state index contributed by atoms with van der Waals surface area (Å²) in [5.74, 6) is -0.714. The molecule has 18 heavy (non-hydrogen) atoms. The molecule has 0 saturated carbocycles. The number of anilines is 1. The number of hydrogen-bond donors (Lipinski definition) is 2. The van der Waals surface area contributed by atoms with E-state index in [0.717, 1.165) is 0 Å². The Bertz CT molecular complexity index is 448. The molecule has 0 spiro atoms. The van der Waals surface area contributed by atoms with E-state index in [1.165, 1.54) is 7.11 Å². The normalized spacial score (nSPS) is 9.89. The summed E-state index contributed by atoms with van der Waals surface area (Å²) in [5, 5.41) is 11.4. The number of amides is 1. The van der Waals surface area contributed by atoms with Gasteiger partial charge < -0.3 is 15.2 Å². The van der Waals surface area contributed by atoms with Gasteiger partial charge in [-0.2, -0.15) is 0 Å². The Morgan fingerprint density at radius 2 is 2.11 bits per heavy atom. The van der Waals surface area contributed by atoms with Gasteiger partial charge in [0.1, 0.15) is 10.8 Å². The quantitative estimate of drug-likeness (QED) is 0.834. The highest BCUT2D eigenvalue weighted by Gasteiger charge is 2.09. The Kier molecular flexibility index (Phi) is 5.45. The Morgan fingerprint density at radius 3 is 2.72 bits per heavy atom. The summed E-state index contributed by atoms with van der Waals surface area (Å²) in [7, 11) is 1.49. The van der Waals surface area contributed by atoms with Crippen molar-refractivity contribution < 1.29 is 19.4 Å². The number of nitrogens with one attached hydrogen (secondary N) is 1. The monoisotopic (exact) mass is 271 g/mol. The van der Waals surface area contributed by atoms with E-state index in [4.69, 9.17) is 21.4 Å². The third-order valence-electron chi connectivity index (χ3n) is 2.25. The third-order valence-corrected chi connectivity index (χ3v) is 2.64. The van der Waals surface area contributed by atoms with Gasteiger partial charge in [-0.25, -0.2) is 0 Å². The lowest BCUT2D eigenvalue weighted by Gasteiger charge is -2.09. The summed E-state index contributed by atoms with van der Waals surface area (Å²) in [6.45, 7) is 0. The second kappa shape index (κ2) is 6.86. The first-order chi connectivity index (χ1) is 8.54. The molecule has 5 nitrogen and oxygen atoms in total. The zero-order valence-corrected chi connectivity index (χ0v) is 10.7. The molecule has 0 unspecified atom stereocenters. The van der Waals surface area contributed by atoms with Crippen LogP contribution in [0.3, 0.4) is 0 Å². The number of aliphatic carboxylic acids is 1. The van der Waals surface area contributed by atoms with Gasteiger partial charge >= 0.3 is 5.97 Å². The molecule has 0 atom stereocenters. The van der Waals surface area contributed by atoms with E-state index in [9.17, 15) is 9.59 Å². The molecule has 2 N–H and O–H groups in total. The van der Waals surface area contributed by atoms with Crippen LogP contribution in [-0.2, 0) is 9.59 Å². The van der Waals surface area contributed by atoms with E-state index < -0.39 is 5.97 Å². The maximum Gasteiger partial charge on any atom is 0.303 e. The van der Waals surface area contributed by atoms with Gasteiger partial charge in [-0.05, 0) is 18.6 Å². The van der Waals surface area contributed by atoms with Crippen LogP contribution in [0.25, 0.3) is 0 Å². The zero-order chi connectivity index (χ0) is 13.5. The highest BCUT2D eigenvalue weighted by atomic mass is 35.5. The Hall–Kier alpha value is -1.75. The van der Waals surface area contributed by atoms with Crippen molar-refractivity contribution in [1.29, 1.82) is 0 Å². The summed E-state index contributed by atoms with van der Waals surface area (Å²) < 4.78 is 5.02. The molecule has 0 saturated heterocycles. The van der Waals surface area contributed by atoms with Crippen molar-refractivity contribution in [3.8, 4) is 5.75 Å². The van der Waals surface area contributed by atoms with Crippen molar-refractivity contribution in [2.24, 2.45) is 0 Å². The molecule has 1 amide bonds. The fourth-order valence-corrected chi connectivity index (χ4v) is 1.63. The second-order valence-corrected chi connectivity index (χ2v) is 4.00. The minimum absolute atomic E-state index is 0.0285. The highest BCUT2D eigenvalue weighted by Crippen LogP contribution is 2.31. The standard InChI is InChI=1S/C12H14ClNO4/c1-18-9-5-2-4-8(12(9)13)14-10(15)6-3-7-11(16)17/h2,4-5H,3,6-7H2,1H3,(H,14,15)(H,16,17). The van der Waals surface area contributed by atoms with Crippen molar-refractivity contribution in [3.05, 3.63) is 23.2 Å². The number of rotatable bonds is 6. The van der Waals surface area contributed by atoms with Crippen LogP contribution in [0.4, 0.5) is 5.69 Å². The predicted octanol–water partition coefficient (Wildman–Crippen LogP) is 2.54. The van der Waals surface area contributed by atoms with Gasteiger partial charge in [-0.15, -0.1) is 0 Å². The Labute approximate surface area is 110 Å². The number of carboxylic acids is 1. The molecule has 0 aliphatic rings. The molecule has 0 heterocycles. The Morgan fingerprint density at radius 1 is 1.39 bits per heavy atom. The number of methoxy groups -OCH3 is 1. The average molecular weight is 272 g/mol. The van der Waals surface area contributed by atoms with Crippen LogP contribution in [0.5, 0.6) is 5.75 Å². The molecule has 1 rings (SSSR count). The SMILES string of the molecule is COc1cccc(NC(=O)CCCC(=O)O)c1Cl. The third kappa shape index (κ3) is 4.25. The zero-order valence-electron chi connectivity index (χ0n) is 9.90. The molecule has 1 aromatic rings. The topological polar surface area (TPSA) is 75.6 Å². The lowest BCUT2D eigenvalue weighted by atomic mass is 10.2. The molecule has 0 bridgehead atoms. The van der Waals surface area contributed by atoms with E-state index in [1.54, 1.807) is 18.2 Å². The van der Waals surface area contributed by atoms with Gasteiger partial charge in [0.2, 0.25) is 5.91 Å². The van der Waals surface area contributed by atoms with Gasteiger partial charge in [0.25, 0.3) is 0 Å². The number of benzene rings is 1. The number of halogens is 1. The van der Waals surface area contributed by atoms with Gasteiger partial charge in [0, 0.05) is 12.8 Å². The van der Waals surface area contributed by atoms with Crippen molar-refractivity contribution in [1.82, 2.24) is 0 Å². The van der Waals surface area contributed by atoms with Crippen molar-refractivity contribution >= 4 is 29.2 Å². The summed E-state index contributed by atoms with van der Waals surface area (Å²) >= 11 is 6.00. The van der Waals surface area contributed by atoms with Gasteiger partial charge in [0.05, 0.1) is 12.8 Å². The van der Waals surface area contributed by atoms with E-state index in [2.05, 4.69) is 5.32 Å². The lowest BCUT2D eigenvalue weighted by molar-refractivity contribution is -0.137. The van der Waals surface area contributed by atoms with Gasteiger partial charge in [-0.1, -0.05) is 17.7 Å². The molecule has 0 aliphatic carbocycles. The smallest absolute Gasteiger partial charge is 0.303 e. The fraction of sp³-hybridized carbons (Fsp3) is 0.333. The van der Waals surface area contributed by atoms with Crippen LogP contribution in [0.1, 0.15) is 19.3 Å². The van der Waals surface area contributed by atoms with Gasteiger partial charge in [-0.3, -0.25) is 9.59 Å². The van der Waals surface area contributed by atoms with E-state index in [-0.39, 0.29) is 18.7 Å². The van der Waals surface area contributed by atoms with E-state index >= 15 is 0 Å². The maximum absolute atomic E-state index is 11.5. The number of ether oxygens (including phenoxy) is 1. The summed E-state index contributed by atoms with van der Waals surface area (Å²) in [4.78, 5) is 21.8. The second-order valence-electron chi connectivity index (χ2n) is 3.62. The molecule has 0 aliphatic heterocycles. The molecular weight excluding hydrogens is 258 g/mol. The molecule has 6 heteroatoms. The number of carbonyl (C=O) groups is 2. The molecule has 98 valence electrons. The molecular formula is C12H14ClNO4. The summed E-state index contributed by atoms with van der Waals surface area (Å²) in [5.41, 5.74) is 0.455. The van der Waals surface area contributed by atoms with Crippen LogP contribution < -0.4 is 10.1 Å². The van der Waals surface area contributed by atoms with E-state index in [0.29, 0.717) is 22.9 Å². The molecule has 0 fully saturated rings. The molecule has 1 aromatic carbocycles. The number of hydrogen-bond acceptors (Lipinski definition) is 3. The van der Waals surface area contributed by atoms with E-state index in [1.807, 2.05) is 0 Å². The van der Waals surface area contributed by atoms with Crippen LogP contribution in [0, 0.1) is 0 Å². The first kappa shape index (κ1) is 14.3. The van der Waals surface area contributed by atoms with Crippen LogP contribution >= 0.6 is 11.6 Å². The van der Waals surface area contributed by atoms with Crippen LogP contribution in [-0.4, -0.2) is 24.1 Å². The average Bonchev–Trinajstić information content (AvgIpc) is 2.31. The fourth-order valence-electron chi connectivity index (χ4n) is 1.38. The minimum Gasteiger partial charge on any atom is -0.495 e. The summed E-state index contributed by atoms with van der Waals surface area (Å²) in [6.07, 6.45) is 0.405. The van der Waals surface area contributed by atoms with Gasteiger partial charge in [0.15, 0.2) is 0 Å². The largest absolute Gasteiger partial charge is 0.495 e. The van der Waals surface area contributed by atoms with Crippen molar-refractivity contribution in [3.63, 3.8) is 0 Å². The minimum atomic E-state index is -0.915. The molecule has 0 aromatic heterocycles. The lowest BCUT2D eigenvalue weighted by Crippen LogP contribution is -2.12. The Balaban J connectivity index is 2.56. The molecule has 0 radical (unpaired) electrons. The number of carbonyl (C=O) groups excluding carboxylic acids is 1. The van der Waals surface area contributed by atoms with Crippen molar-refractivity contribution in [2.45, 2.75) is 19.3 Å². The number of carboxylic acid groups (broad SMARTS) is 1. The van der Waals surface area contributed by atoms with Crippen LogP contribution in [0.15, 0.2) is 18.2 Å². The van der Waals surface area contributed by atoms with Crippen molar-refractivity contribution in [2.75, 3.05) is 12.4 Å². The first-order valence-corrected chi connectivity index (χ1v) is 5.76. The van der Waals surface area contributed by atoms with Crippen LogP contribution in [0.2, 0.25) is 5.02 Å². The maximum atomic E-state index is 11.5.